The zero-order valence-electron chi connectivity index (χ0n) is 7.79. The van der Waals surface area contributed by atoms with E-state index in [2.05, 4.69) is 25.8 Å². The summed E-state index contributed by atoms with van der Waals surface area (Å²) in [6, 6.07) is 3.76. The Morgan fingerprint density at radius 1 is 1.43 bits per heavy atom. The molecule has 14 heavy (non-hydrogen) atoms. The molecule has 1 fully saturated rings. The van der Waals surface area contributed by atoms with Gasteiger partial charge in [0.1, 0.15) is 5.82 Å². The number of alkyl halides is 1. The van der Waals surface area contributed by atoms with Crippen LogP contribution in [0.2, 0.25) is 5.02 Å². The van der Waals surface area contributed by atoms with E-state index in [1.165, 1.54) is 0 Å². The lowest BCUT2D eigenvalue weighted by Gasteiger charge is -2.30. The van der Waals surface area contributed by atoms with Crippen molar-refractivity contribution in [2.24, 2.45) is 0 Å². The first kappa shape index (κ1) is 10.2. The van der Waals surface area contributed by atoms with Crippen LogP contribution in [0, 0.1) is 0 Å². The Kier molecular flexibility index (Phi) is 3.29. The van der Waals surface area contributed by atoms with Gasteiger partial charge in [-0.3, -0.25) is 0 Å². The third kappa shape index (κ3) is 2.20. The topological polar surface area (TPSA) is 16.1 Å². The fourth-order valence-corrected chi connectivity index (χ4v) is 2.32. The second kappa shape index (κ2) is 4.49. The summed E-state index contributed by atoms with van der Waals surface area (Å²) in [7, 11) is 0. The number of hydrogen-bond donors (Lipinski definition) is 0. The Morgan fingerprint density at radius 2 is 2.14 bits per heavy atom. The molecule has 0 unspecified atom stereocenters. The van der Waals surface area contributed by atoms with E-state index in [0.717, 1.165) is 36.8 Å². The highest BCUT2D eigenvalue weighted by atomic mass is 79.9. The monoisotopic (exact) mass is 274 g/mol. The second-order valence-electron chi connectivity index (χ2n) is 3.47. The zero-order chi connectivity index (χ0) is 9.97. The number of nitrogens with zero attached hydrogens (tertiary/aromatic N) is 2. The molecule has 0 aromatic carbocycles. The van der Waals surface area contributed by atoms with Gasteiger partial charge in [0.25, 0.3) is 0 Å². The van der Waals surface area contributed by atoms with E-state index in [-0.39, 0.29) is 0 Å². The lowest BCUT2D eigenvalue weighted by molar-refractivity contribution is 0.592. The highest BCUT2D eigenvalue weighted by Crippen LogP contribution is 2.26. The van der Waals surface area contributed by atoms with Crippen molar-refractivity contribution in [3.8, 4) is 0 Å². The number of anilines is 1. The highest BCUT2D eigenvalue weighted by molar-refractivity contribution is 9.09. The van der Waals surface area contributed by atoms with Crippen LogP contribution in [0.15, 0.2) is 18.3 Å². The summed E-state index contributed by atoms with van der Waals surface area (Å²) < 4.78 is 0. The second-order valence-corrected chi connectivity index (χ2v) is 5.17. The molecule has 0 N–H and O–H groups in total. The molecule has 1 aromatic heterocycles. The van der Waals surface area contributed by atoms with Crippen molar-refractivity contribution in [1.29, 1.82) is 0 Å². The molecule has 0 saturated carbocycles. The van der Waals surface area contributed by atoms with E-state index in [4.69, 9.17) is 11.6 Å². The summed E-state index contributed by atoms with van der Waals surface area (Å²) in [4.78, 5) is 7.21. The number of rotatable bonds is 1. The van der Waals surface area contributed by atoms with Gasteiger partial charge in [-0.1, -0.05) is 27.5 Å². The lowest BCUT2D eigenvalue weighted by atomic mass is 10.1. The normalized spacial score (nSPS) is 18.6. The van der Waals surface area contributed by atoms with E-state index < -0.39 is 0 Å². The molecule has 1 aromatic rings. The maximum absolute atomic E-state index is 6.08. The maximum Gasteiger partial charge on any atom is 0.147 e. The summed E-state index contributed by atoms with van der Waals surface area (Å²) in [6.07, 6.45) is 4.11. The third-order valence-electron chi connectivity index (χ3n) is 2.46. The smallest absolute Gasteiger partial charge is 0.147 e. The minimum atomic E-state index is 0.654. The molecule has 0 amide bonds. The average Bonchev–Trinajstić information content (AvgIpc) is 2.20. The Labute approximate surface area is 97.4 Å². The third-order valence-corrected chi connectivity index (χ3v) is 3.67. The van der Waals surface area contributed by atoms with Crippen LogP contribution in [-0.4, -0.2) is 22.9 Å². The number of piperidine rings is 1. The van der Waals surface area contributed by atoms with Crippen molar-refractivity contribution in [3.05, 3.63) is 23.4 Å². The molecule has 4 heteroatoms. The molecule has 0 spiro atoms. The van der Waals surface area contributed by atoms with Crippen LogP contribution >= 0.6 is 27.5 Å². The van der Waals surface area contributed by atoms with Gasteiger partial charge in [0.05, 0.1) is 5.02 Å². The number of pyridine rings is 1. The van der Waals surface area contributed by atoms with Gasteiger partial charge >= 0.3 is 0 Å². The SMILES string of the molecule is Clc1cccnc1N1CCC(Br)CC1. The molecule has 2 rings (SSSR count). The summed E-state index contributed by atoms with van der Waals surface area (Å²) in [6.45, 7) is 2.07. The minimum absolute atomic E-state index is 0.654. The number of hydrogen-bond acceptors (Lipinski definition) is 2. The summed E-state index contributed by atoms with van der Waals surface area (Å²) >= 11 is 9.70. The van der Waals surface area contributed by atoms with Crippen molar-refractivity contribution in [1.82, 2.24) is 4.98 Å². The van der Waals surface area contributed by atoms with Gasteiger partial charge in [-0.25, -0.2) is 4.98 Å². The summed E-state index contributed by atoms with van der Waals surface area (Å²) in [5.74, 6) is 0.925. The molecule has 0 radical (unpaired) electrons. The van der Waals surface area contributed by atoms with E-state index >= 15 is 0 Å². The quantitative estimate of drug-likeness (QED) is 0.732. The predicted molar refractivity (Wildman–Crippen MR) is 63.4 cm³/mol. The van der Waals surface area contributed by atoms with Gasteiger partial charge in [0.15, 0.2) is 0 Å². The van der Waals surface area contributed by atoms with E-state index in [0.29, 0.717) is 4.83 Å². The summed E-state index contributed by atoms with van der Waals surface area (Å²) in [5, 5.41) is 0.750. The Hall–Kier alpha value is -0.280. The average molecular weight is 276 g/mol. The Bertz CT molecular complexity index is 311. The Morgan fingerprint density at radius 3 is 2.79 bits per heavy atom. The van der Waals surface area contributed by atoms with Gasteiger partial charge < -0.3 is 4.90 Å². The number of halogens is 2. The van der Waals surface area contributed by atoms with Crippen molar-refractivity contribution in [3.63, 3.8) is 0 Å². The van der Waals surface area contributed by atoms with Crippen LogP contribution in [0.4, 0.5) is 5.82 Å². The highest BCUT2D eigenvalue weighted by Gasteiger charge is 2.19. The van der Waals surface area contributed by atoms with Crippen molar-refractivity contribution in [2.75, 3.05) is 18.0 Å². The molecule has 1 aliphatic rings. The first-order chi connectivity index (χ1) is 6.77. The Balaban J connectivity index is 2.12. The predicted octanol–water partition coefficient (Wildman–Crippen LogP) is 3.10. The van der Waals surface area contributed by atoms with Crippen LogP contribution in [-0.2, 0) is 0 Å². The molecule has 0 aliphatic carbocycles. The molecular weight excluding hydrogens is 263 g/mol. The van der Waals surface area contributed by atoms with Gasteiger partial charge in [-0.15, -0.1) is 0 Å². The van der Waals surface area contributed by atoms with Crippen LogP contribution < -0.4 is 4.90 Å². The minimum Gasteiger partial charge on any atom is -0.355 e. The first-order valence-corrected chi connectivity index (χ1v) is 6.06. The van der Waals surface area contributed by atoms with Crippen molar-refractivity contribution >= 4 is 33.3 Å². The fourth-order valence-electron chi connectivity index (χ4n) is 1.67. The van der Waals surface area contributed by atoms with Crippen LogP contribution in [0.3, 0.4) is 0 Å². The van der Waals surface area contributed by atoms with E-state index in [1.807, 2.05) is 12.1 Å². The molecule has 0 bridgehead atoms. The maximum atomic E-state index is 6.08. The van der Waals surface area contributed by atoms with Gasteiger partial charge in [0, 0.05) is 24.1 Å². The molecular formula is C10H12BrClN2. The van der Waals surface area contributed by atoms with Gasteiger partial charge in [0.2, 0.25) is 0 Å². The van der Waals surface area contributed by atoms with Crippen molar-refractivity contribution < 1.29 is 0 Å². The molecule has 2 heterocycles. The molecule has 1 saturated heterocycles. The zero-order valence-corrected chi connectivity index (χ0v) is 10.1. The lowest BCUT2D eigenvalue weighted by Crippen LogP contribution is -2.34. The fraction of sp³-hybridized carbons (Fsp3) is 0.500. The van der Waals surface area contributed by atoms with E-state index in [1.54, 1.807) is 6.20 Å². The van der Waals surface area contributed by atoms with E-state index in [9.17, 15) is 0 Å². The summed E-state index contributed by atoms with van der Waals surface area (Å²) in [5.41, 5.74) is 0. The van der Waals surface area contributed by atoms with Crippen LogP contribution in [0.25, 0.3) is 0 Å². The number of aromatic nitrogens is 1. The van der Waals surface area contributed by atoms with Crippen molar-refractivity contribution in [2.45, 2.75) is 17.7 Å². The molecule has 0 atom stereocenters. The molecule has 2 nitrogen and oxygen atoms in total. The standard InChI is InChI=1S/C10H12BrClN2/c11-8-3-6-14(7-4-8)10-9(12)2-1-5-13-10/h1-2,5,8H,3-4,6-7H2. The first-order valence-electron chi connectivity index (χ1n) is 4.77. The largest absolute Gasteiger partial charge is 0.355 e. The van der Waals surface area contributed by atoms with Crippen LogP contribution in [0.5, 0.6) is 0 Å². The molecule has 1 aliphatic heterocycles. The van der Waals surface area contributed by atoms with Crippen LogP contribution in [0.1, 0.15) is 12.8 Å². The molecule has 76 valence electrons. The van der Waals surface area contributed by atoms with Gasteiger partial charge in [-0.05, 0) is 25.0 Å². The van der Waals surface area contributed by atoms with Gasteiger partial charge in [-0.2, -0.15) is 0 Å².